The Balaban J connectivity index is 1.51. The molecule has 0 radical (unpaired) electrons. The Morgan fingerprint density at radius 2 is 1.44 bits per heavy atom. The van der Waals surface area contributed by atoms with Gasteiger partial charge >= 0.3 is 0 Å². The Kier molecular flexibility index (Phi) is 5.19. The van der Waals surface area contributed by atoms with Crippen LogP contribution in [0, 0.1) is 17.8 Å². The second-order valence-electron chi connectivity index (χ2n) is 6.57. The summed E-state index contributed by atoms with van der Waals surface area (Å²) < 4.78 is 0. The van der Waals surface area contributed by atoms with Gasteiger partial charge in [-0.25, -0.2) is 0 Å². The molecule has 0 heteroatoms. The van der Waals surface area contributed by atoms with Crippen molar-refractivity contribution in [1.29, 1.82) is 0 Å². The highest BCUT2D eigenvalue weighted by molar-refractivity contribution is 4.71. The van der Waals surface area contributed by atoms with Gasteiger partial charge in [0.2, 0.25) is 0 Å². The van der Waals surface area contributed by atoms with Crippen molar-refractivity contribution in [1.82, 2.24) is 0 Å². The molecule has 0 aliphatic heterocycles. The molecule has 0 aromatic carbocycles. The lowest BCUT2D eigenvalue weighted by molar-refractivity contribution is 0.355. The normalized spacial score (nSPS) is 25.3. The van der Waals surface area contributed by atoms with Gasteiger partial charge in [-0.3, -0.25) is 0 Å². The van der Waals surface area contributed by atoms with E-state index in [2.05, 4.69) is 6.92 Å². The molecule has 1 atom stereocenters. The van der Waals surface area contributed by atoms with Crippen LogP contribution in [0.4, 0.5) is 0 Å². The van der Waals surface area contributed by atoms with E-state index >= 15 is 0 Å². The molecule has 2 aliphatic rings. The van der Waals surface area contributed by atoms with Crippen molar-refractivity contribution in [2.75, 3.05) is 0 Å². The van der Waals surface area contributed by atoms with Crippen molar-refractivity contribution in [3.05, 3.63) is 0 Å². The second-order valence-corrected chi connectivity index (χ2v) is 6.57. The van der Waals surface area contributed by atoms with E-state index < -0.39 is 0 Å². The Labute approximate surface area is 102 Å². The van der Waals surface area contributed by atoms with Crippen LogP contribution in [0.3, 0.4) is 0 Å². The van der Waals surface area contributed by atoms with Crippen molar-refractivity contribution in [3.63, 3.8) is 0 Å². The summed E-state index contributed by atoms with van der Waals surface area (Å²) in [6.45, 7) is 2.49. The monoisotopic (exact) mass is 222 g/mol. The second kappa shape index (κ2) is 6.67. The minimum atomic E-state index is 1.00. The van der Waals surface area contributed by atoms with Crippen LogP contribution in [0.1, 0.15) is 84.0 Å². The molecule has 0 heterocycles. The predicted molar refractivity (Wildman–Crippen MR) is 71.5 cm³/mol. The van der Waals surface area contributed by atoms with E-state index in [1.807, 2.05) is 0 Å². The summed E-state index contributed by atoms with van der Waals surface area (Å²) in [7, 11) is 0. The minimum Gasteiger partial charge on any atom is -0.0625 e. The van der Waals surface area contributed by atoms with E-state index in [9.17, 15) is 0 Å². The molecule has 16 heavy (non-hydrogen) atoms. The molecule has 1 unspecified atom stereocenters. The summed E-state index contributed by atoms with van der Waals surface area (Å²) in [5.74, 6) is 3.21. The highest BCUT2D eigenvalue weighted by Crippen LogP contribution is 2.33. The predicted octanol–water partition coefficient (Wildman–Crippen LogP) is 5.56. The SMILES string of the molecule is CC(CCCC1CCCC1)CC1CCCC1. The Hall–Kier alpha value is 0. The molecule has 2 rings (SSSR count). The smallest absolute Gasteiger partial charge is 0.0412 e. The number of rotatable bonds is 6. The van der Waals surface area contributed by atoms with Gasteiger partial charge in [0.1, 0.15) is 0 Å². The van der Waals surface area contributed by atoms with E-state index in [1.54, 1.807) is 0 Å². The largest absolute Gasteiger partial charge is 0.0625 e. The first-order chi connectivity index (χ1) is 7.84. The zero-order valence-electron chi connectivity index (χ0n) is 11.2. The van der Waals surface area contributed by atoms with Crippen molar-refractivity contribution < 1.29 is 0 Å². The fraction of sp³-hybridized carbons (Fsp3) is 1.00. The minimum absolute atomic E-state index is 1.00. The fourth-order valence-electron chi connectivity index (χ4n) is 3.99. The van der Waals surface area contributed by atoms with E-state index in [-0.39, 0.29) is 0 Å². The van der Waals surface area contributed by atoms with Gasteiger partial charge in [-0.1, -0.05) is 77.6 Å². The molecule has 0 bridgehead atoms. The first-order valence-corrected chi connectivity index (χ1v) is 7.84. The molecule has 0 nitrogen and oxygen atoms in total. The quantitative estimate of drug-likeness (QED) is 0.551. The van der Waals surface area contributed by atoms with E-state index in [0.29, 0.717) is 0 Å². The van der Waals surface area contributed by atoms with Crippen LogP contribution in [-0.4, -0.2) is 0 Å². The number of hydrogen-bond donors (Lipinski definition) is 0. The third-order valence-electron chi connectivity index (χ3n) is 4.99. The summed E-state index contributed by atoms with van der Waals surface area (Å²) in [5.41, 5.74) is 0. The van der Waals surface area contributed by atoms with Crippen molar-refractivity contribution >= 4 is 0 Å². The van der Waals surface area contributed by atoms with Gasteiger partial charge in [-0.15, -0.1) is 0 Å². The Morgan fingerprint density at radius 1 is 0.875 bits per heavy atom. The van der Waals surface area contributed by atoms with Crippen LogP contribution in [-0.2, 0) is 0 Å². The van der Waals surface area contributed by atoms with Gasteiger partial charge in [0.05, 0.1) is 0 Å². The van der Waals surface area contributed by atoms with Crippen molar-refractivity contribution in [2.45, 2.75) is 84.0 Å². The highest BCUT2D eigenvalue weighted by Gasteiger charge is 2.18. The van der Waals surface area contributed by atoms with Crippen LogP contribution >= 0.6 is 0 Å². The van der Waals surface area contributed by atoms with Crippen LogP contribution in [0.25, 0.3) is 0 Å². The fourth-order valence-corrected chi connectivity index (χ4v) is 3.99. The maximum atomic E-state index is 2.49. The Bertz CT molecular complexity index is 172. The van der Waals surface area contributed by atoms with Gasteiger partial charge in [-0.05, 0) is 24.2 Å². The topological polar surface area (TPSA) is 0 Å². The molecular weight excluding hydrogens is 192 g/mol. The summed E-state index contributed by atoms with van der Waals surface area (Å²) in [5, 5.41) is 0. The molecule has 0 spiro atoms. The van der Waals surface area contributed by atoms with Gasteiger partial charge in [0.25, 0.3) is 0 Å². The van der Waals surface area contributed by atoms with Gasteiger partial charge < -0.3 is 0 Å². The van der Waals surface area contributed by atoms with E-state index in [0.717, 1.165) is 17.8 Å². The molecule has 0 N–H and O–H groups in total. The van der Waals surface area contributed by atoms with Crippen molar-refractivity contribution in [2.24, 2.45) is 17.8 Å². The zero-order valence-corrected chi connectivity index (χ0v) is 11.2. The van der Waals surface area contributed by atoms with Crippen LogP contribution in [0.15, 0.2) is 0 Å². The third-order valence-corrected chi connectivity index (χ3v) is 4.99. The highest BCUT2D eigenvalue weighted by atomic mass is 14.2. The molecular formula is C16H30. The molecule has 0 aromatic rings. The summed E-state index contributed by atoms with van der Waals surface area (Å²) in [6.07, 6.45) is 18.3. The van der Waals surface area contributed by atoms with Crippen LogP contribution in [0.2, 0.25) is 0 Å². The number of hydrogen-bond acceptors (Lipinski definition) is 0. The van der Waals surface area contributed by atoms with Gasteiger partial charge in [-0.2, -0.15) is 0 Å². The first-order valence-electron chi connectivity index (χ1n) is 7.84. The lowest BCUT2D eigenvalue weighted by atomic mass is 9.89. The molecule has 0 saturated heterocycles. The lowest BCUT2D eigenvalue weighted by Crippen LogP contribution is -2.04. The maximum Gasteiger partial charge on any atom is -0.0412 e. The molecule has 2 aliphatic carbocycles. The molecule has 2 fully saturated rings. The van der Waals surface area contributed by atoms with Gasteiger partial charge in [0.15, 0.2) is 0 Å². The molecule has 2 saturated carbocycles. The zero-order chi connectivity index (χ0) is 11.2. The summed E-state index contributed by atoms with van der Waals surface area (Å²) in [4.78, 5) is 0. The first kappa shape index (κ1) is 12.5. The lowest BCUT2D eigenvalue weighted by Gasteiger charge is -2.17. The third kappa shape index (κ3) is 4.11. The molecule has 94 valence electrons. The van der Waals surface area contributed by atoms with Crippen LogP contribution < -0.4 is 0 Å². The summed E-state index contributed by atoms with van der Waals surface area (Å²) in [6, 6.07) is 0. The van der Waals surface area contributed by atoms with E-state index in [4.69, 9.17) is 0 Å². The standard InChI is InChI=1S/C16H30/c1-14(13-16-10-4-5-11-16)7-6-12-15-8-2-3-9-15/h14-16H,2-13H2,1H3. The van der Waals surface area contributed by atoms with Gasteiger partial charge in [0, 0.05) is 0 Å². The maximum absolute atomic E-state index is 2.49. The Morgan fingerprint density at radius 3 is 2.06 bits per heavy atom. The summed E-state index contributed by atoms with van der Waals surface area (Å²) >= 11 is 0. The molecule has 0 aromatic heterocycles. The average Bonchev–Trinajstić information content (AvgIpc) is 2.90. The average molecular weight is 222 g/mol. The molecule has 0 amide bonds. The van der Waals surface area contributed by atoms with Crippen molar-refractivity contribution in [3.8, 4) is 0 Å². The van der Waals surface area contributed by atoms with E-state index in [1.165, 1.54) is 77.0 Å². The van der Waals surface area contributed by atoms with Crippen LogP contribution in [0.5, 0.6) is 0 Å².